The molecule has 0 saturated carbocycles. The molecule has 0 radical (unpaired) electrons. The Kier molecular flexibility index (Phi) is 5.96. The number of aliphatic carboxylic acids is 1. The third kappa shape index (κ3) is 5.09. The van der Waals surface area contributed by atoms with E-state index >= 15 is 0 Å². The number of hydrogen-bond acceptors (Lipinski definition) is 4. The van der Waals surface area contributed by atoms with Crippen LogP contribution in [0.5, 0.6) is 0 Å². The lowest BCUT2D eigenvalue weighted by Crippen LogP contribution is -2.51. The Morgan fingerprint density at radius 1 is 1.29 bits per heavy atom. The summed E-state index contributed by atoms with van der Waals surface area (Å²) in [7, 11) is -4.37. The minimum atomic E-state index is -4.72. The van der Waals surface area contributed by atoms with Crippen molar-refractivity contribution in [3.63, 3.8) is 0 Å². The van der Waals surface area contributed by atoms with Crippen LogP contribution in [-0.4, -0.2) is 72.2 Å². The Morgan fingerprint density at radius 3 is 2.19 bits per heavy atom. The Bertz CT molecular complexity index is 460. The van der Waals surface area contributed by atoms with Gasteiger partial charge in [-0.15, -0.1) is 0 Å². The number of carboxylic acid groups (broad SMARTS) is 1. The van der Waals surface area contributed by atoms with Crippen LogP contribution in [0.15, 0.2) is 0 Å². The van der Waals surface area contributed by atoms with Gasteiger partial charge in [-0.25, -0.2) is 0 Å². The molecule has 124 valence electrons. The molecule has 0 amide bonds. The molecule has 0 unspecified atom stereocenters. The van der Waals surface area contributed by atoms with Crippen LogP contribution in [0.3, 0.4) is 0 Å². The highest BCUT2D eigenvalue weighted by Gasteiger charge is 2.40. The van der Waals surface area contributed by atoms with Crippen LogP contribution in [0.25, 0.3) is 0 Å². The molecule has 0 aromatic rings. The van der Waals surface area contributed by atoms with E-state index in [2.05, 4.69) is 0 Å². The van der Waals surface area contributed by atoms with E-state index in [0.29, 0.717) is 0 Å². The van der Waals surface area contributed by atoms with Crippen LogP contribution < -0.4 is 0 Å². The lowest BCUT2D eigenvalue weighted by atomic mass is 9.99. The lowest BCUT2D eigenvalue weighted by molar-refractivity contribution is -0.142. The van der Waals surface area contributed by atoms with Gasteiger partial charge in [-0.05, 0) is 12.8 Å². The van der Waals surface area contributed by atoms with Crippen LogP contribution in [0.2, 0.25) is 0 Å². The van der Waals surface area contributed by atoms with E-state index in [-0.39, 0.29) is 30.2 Å². The molecule has 1 heterocycles. The third-order valence-corrected chi connectivity index (χ3v) is 5.14. The first-order chi connectivity index (χ1) is 9.58. The summed E-state index contributed by atoms with van der Waals surface area (Å²) < 4.78 is 62.5. The molecule has 21 heavy (non-hydrogen) atoms. The molecule has 1 saturated heterocycles. The zero-order valence-corrected chi connectivity index (χ0v) is 11.9. The number of nitrogens with zero attached hydrogens (tertiary/aromatic N) is 2. The van der Waals surface area contributed by atoms with Crippen molar-refractivity contribution in [2.75, 3.05) is 32.8 Å². The van der Waals surface area contributed by atoms with Crippen molar-refractivity contribution in [3.8, 4) is 0 Å². The number of aliphatic hydroxyl groups excluding tert-OH is 1. The first-order valence-electron chi connectivity index (χ1n) is 6.23. The minimum Gasteiger partial charge on any atom is -0.481 e. The summed E-state index contributed by atoms with van der Waals surface area (Å²) in [5.74, 6) is -1.74. The Balaban J connectivity index is 2.80. The predicted molar refractivity (Wildman–Crippen MR) is 65.6 cm³/mol. The molecular weight excluding hydrogens is 317 g/mol. The highest BCUT2D eigenvalue weighted by molar-refractivity contribution is 7.86. The number of carbonyl (C=O) groups is 1. The van der Waals surface area contributed by atoms with Gasteiger partial charge in [-0.3, -0.25) is 4.79 Å². The number of halogens is 3. The summed E-state index contributed by atoms with van der Waals surface area (Å²) in [6.45, 7) is -3.39. The zero-order valence-electron chi connectivity index (χ0n) is 11.1. The van der Waals surface area contributed by atoms with Gasteiger partial charge in [0.25, 0.3) is 10.2 Å². The van der Waals surface area contributed by atoms with E-state index in [4.69, 9.17) is 10.2 Å². The molecular formula is C10H17F3N2O5S. The molecule has 1 aliphatic rings. The van der Waals surface area contributed by atoms with Gasteiger partial charge in [-0.2, -0.15) is 30.2 Å². The fourth-order valence-corrected chi connectivity index (χ4v) is 3.71. The fraction of sp³-hybridized carbons (Fsp3) is 0.900. The zero-order chi connectivity index (χ0) is 16.3. The monoisotopic (exact) mass is 334 g/mol. The van der Waals surface area contributed by atoms with Crippen LogP contribution in [0, 0.1) is 5.92 Å². The van der Waals surface area contributed by atoms with Gasteiger partial charge >= 0.3 is 12.1 Å². The Morgan fingerprint density at radius 2 is 1.81 bits per heavy atom. The maximum atomic E-state index is 12.4. The minimum absolute atomic E-state index is 0.0492. The number of hydrogen-bond donors (Lipinski definition) is 2. The van der Waals surface area contributed by atoms with Crippen molar-refractivity contribution in [3.05, 3.63) is 0 Å². The molecule has 7 nitrogen and oxygen atoms in total. The quantitative estimate of drug-likeness (QED) is 0.706. The van der Waals surface area contributed by atoms with Crippen molar-refractivity contribution in [2.24, 2.45) is 5.92 Å². The van der Waals surface area contributed by atoms with Gasteiger partial charge in [-0.1, -0.05) is 0 Å². The molecule has 2 N–H and O–H groups in total. The van der Waals surface area contributed by atoms with Crippen molar-refractivity contribution in [1.29, 1.82) is 0 Å². The molecule has 0 atom stereocenters. The standard InChI is InChI=1S/C10H17F3N2O5S/c11-10(12,13)7-15(5-6-16)21(19,20)14-3-1-8(2-4-14)9(17)18/h8,16H,1-7H2,(H,17,18). The van der Waals surface area contributed by atoms with Gasteiger partial charge in [0.15, 0.2) is 0 Å². The van der Waals surface area contributed by atoms with Crippen molar-refractivity contribution in [1.82, 2.24) is 8.61 Å². The largest absolute Gasteiger partial charge is 0.481 e. The predicted octanol–water partition coefficient (Wildman–Crippen LogP) is -0.116. The number of alkyl halides is 3. The van der Waals surface area contributed by atoms with Crippen LogP contribution in [0.1, 0.15) is 12.8 Å². The Labute approximate surface area is 120 Å². The highest BCUT2D eigenvalue weighted by Crippen LogP contribution is 2.24. The first-order valence-corrected chi connectivity index (χ1v) is 7.63. The normalized spacial score (nSPS) is 19.1. The summed E-state index contributed by atoms with van der Waals surface area (Å²) >= 11 is 0. The van der Waals surface area contributed by atoms with E-state index < -0.39 is 48.0 Å². The van der Waals surface area contributed by atoms with Gasteiger partial charge in [0.05, 0.1) is 12.5 Å². The smallest absolute Gasteiger partial charge is 0.402 e. The summed E-state index contributed by atoms with van der Waals surface area (Å²) in [4.78, 5) is 10.8. The summed E-state index contributed by atoms with van der Waals surface area (Å²) in [5.41, 5.74) is 0. The van der Waals surface area contributed by atoms with Crippen molar-refractivity contribution >= 4 is 16.2 Å². The molecule has 1 rings (SSSR count). The molecule has 0 aromatic heterocycles. The van der Waals surface area contributed by atoms with Crippen LogP contribution in [-0.2, 0) is 15.0 Å². The average molecular weight is 334 g/mol. The van der Waals surface area contributed by atoms with E-state index in [1.807, 2.05) is 0 Å². The van der Waals surface area contributed by atoms with Crippen molar-refractivity contribution < 1.29 is 36.6 Å². The van der Waals surface area contributed by atoms with Crippen LogP contribution in [0.4, 0.5) is 13.2 Å². The van der Waals surface area contributed by atoms with E-state index in [0.717, 1.165) is 4.31 Å². The molecule has 0 spiro atoms. The van der Waals surface area contributed by atoms with Gasteiger partial charge < -0.3 is 10.2 Å². The lowest BCUT2D eigenvalue weighted by Gasteiger charge is -2.33. The number of piperidine rings is 1. The number of aliphatic hydroxyl groups is 1. The van der Waals surface area contributed by atoms with E-state index in [9.17, 15) is 26.4 Å². The van der Waals surface area contributed by atoms with Gasteiger partial charge in [0.1, 0.15) is 6.54 Å². The average Bonchev–Trinajstić information content (AvgIpc) is 2.36. The fourth-order valence-electron chi connectivity index (χ4n) is 2.08. The summed E-state index contributed by atoms with van der Waals surface area (Å²) in [5, 5.41) is 17.6. The molecule has 1 fully saturated rings. The first kappa shape index (κ1) is 18.1. The van der Waals surface area contributed by atoms with Crippen LogP contribution >= 0.6 is 0 Å². The molecule has 1 aliphatic heterocycles. The maximum absolute atomic E-state index is 12.4. The summed E-state index contributed by atoms with van der Waals surface area (Å²) in [6, 6.07) is 0. The number of rotatable bonds is 6. The van der Waals surface area contributed by atoms with Gasteiger partial charge in [0, 0.05) is 19.6 Å². The van der Waals surface area contributed by atoms with E-state index in [1.165, 1.54) is 0 Å². The Hall–Kier alpha value is -0.910. The SMILES string of the molecule is O=C(O)C1CCN(S(=O)(=O)N(CCO)CC(F)(F)F)CC1. The molecule has 0 aromatic carbocycles. The second-order valence-corrected chi connectivity index (χ2v) is 6.62. The molecule has 0 aliphatic carbocycles. The maximum Gasteiger partial charge on any atom is 0.402 e. The third-order valence-electron chi connectivity index (χ3n) is 3.16. The highest BCUT2D eigenvalue weighted by atomic mass is 32.2. The molecule has 0 bridgehead atoms. The second kappa shape index (κ2) is 6.90. The van der Waals surface area contributed by atoms with Crippen molar-refractivity contribution in [2.45, 2.75) is 19.0 Å². The van der Waals surface area contributed by atoms with E-state index in [1.54, 1.807) is 0 Å². The van der Waals surface area contributed by atoms with Gasteiger partial charge in [0.2, 0.25) is 0 Å². The number of carboxylic acids is 1. The topological polar surface area (TPSA) is 98.2 Å². The second-order valence-electron chi connectivity index (χ2n) is 4.69. The summed E-state index contributed by atoms with van der Waals surface area (Å²) in [6.07, 6.45) is -4.62. The molecule has 11 heteroatoms.